The molecular formula is C21H43NO4Si4. The molecule has 1 aromatic carbocycles. The van der Waals surface area contributed by atoms with Crippen molar-refractivity contribution in [2.75, 3.05) is 0 Å². The summed E-state index contributed by atoms with van der Waals surface area (Å²) in [6.07, 6.45) is 0.323. The predicted octanol–water partition coefficient (Wildman–Crippen LogP) is 2.10. The Kier molecular flexibility index (Phi) is 9.09. The van der Waals surface area contributed by atoms with E-state index in [9.17, 15) is 9.90 Å². The van der Waals surface area contributed by atoms with Crippen LogP contribution in [0.2, 0.25) is 36.3 Å². The van der Waals surface area contributed by atoms with E-state index in [1.807, 2.05) is 6.07 Å². The Morgan fingerprint density at radius 3 is 1.80 bits per heavy atom. The number of carbonyl (C=O) groups is 1. The first-order valence-corrected chi connectivity index (χ1v) is 19.1. The third-order valence-electron chi connectivity index (χ3n) is 4.89. The van der Waals surface area contributed by atoms with Gasteiger partial charge in [-0.2, -0.15) is 0 Å². The van der Waals surface area contributed by atoms with Crippen LogP contribution in [0.4, 0.5) is 0 Å². The van der Waals surface area contributed by atoms with Crippen LogP contribution in [0.3, 0.4) is 0 Å². The lowest BCUT2D eigenvalue weighted by Gasteiger charge is -2.35. The first-order valence-electron chi connectivity index (χ1n) is 10.7. The summed E-state index contributed by atoms with van der Waals surface area (Å²) in [5.41, 5.74) is 6.78. The van der Waals surface area contributed by atoms with E-state index in [0.717, 1.165) is 5.56 Å². The molecule has 0 fully saturated rings. The van der Waals surface area contributed by atoms with E-state index in [0.29, 0.717) is 6.42 Å². The predicted molar refractivity (Wildman–Crippen MR) is 139 cm³/mol. The van der Waals surface area contributed by atoms with Crippen molar-refractivity contribution >= 4 is 52.5 Å². The van der Waals surface area contributed by atoms with Crippen molar-refractivity contribution in [2.45, 2.75) is 90.3 Å². The van der Waals surface area contributed by atoms with E-state index in [1.54, 1.807) is 0 Å². The molecule has 1 rings (SSSR count). The van der Waals surface area contributed by atoms with Crippen LogP contribution in [0.1, 0.15) is 47.1 Å². The van der Waals surface area contributed by atoms with Gasteiger partial charge in [-0.05, 0) is 58.6 Å². The fourth-order valence-corrected chi connectivity index (χ4v) is 14.9. The molecule has 0 aliphatic heterocycles. The monoisotopic (exact) mass is 485 g/mol. The minimum Gasteiger partial charge on any atom is -0.480 e. The molecule has 0 aliphatic rings. The number of nitrogens with two attached hydrogens (primary N) is 1. The molecule has 0 unspecified atom stereocenters. The average Bonchev–Trinajstić information content (AvgIpc) is 2.57. The molecule has 5 nitrogen and oxygen atoms in total. The summed E-state index contributed by atoms with van der Waals surface area (Å²) in [6.45, 7) is 22.5. The Balaban J connectivity index is 3.40. The Morgan fingerprint density at radius 2 is 1.40 bits per heavy atom. The van der Waals surface area contributed by atoms with Gasteiger partial charge in [-0.3, -0.25) is 4.79 Å². The Morgan fingerprint density at radius 1 is 0.967 bits per heavy atom. The summed E-state index contributed by atoms with van der Waals surface area (Å²) in [7, 11) is -5.70. The zero-order chi connectivity index (χ0) is 23.5. The fraction of sp³-hybridized carbons (Fsp3) is 0.667. The van der Waals surface area contributed by atoms with E-state index in [-0.39, 0.29) is 10.1 Å². The molecule has 0 aromatic heterocycles. The summed E-state index contributed by atoms with van der Waals surface area (Å²) in [5.74, 6) is -0.970. The molecule has 0 spiro atoms. The van der Waals surface area contributed by atoms with Crippen LogP contribution in [-0.4, -0.2) is 53.3 Å². The van der Waals surface area contributed by atoms with Crippen molar-refractivity contribution in [3.8, 4) is 0 Å². The van der Waals surface area contributed by atoms with Crippen molar-refractivity contribution in [3.63, 3.8) is 0 Å². The summed E-state index contributed by atoms with van der Waals surface area (Å²) in [4.78, 5) is 11.3. The minimum atomic E-state index is -2.18. The van der Waals surface area contributed by atoms with Gasteiger partial charge in [0.15, 0.2) is 19.5 Å². The topological polar surface area (TPSA) is 81.8 Å². The second-order valence-corrected chi connectivity index (χ2v) is 26.0. The molecule has 0 heterocycles. The highest BCUT2D eigenvalue weighted by molar-refractivity contribution is 6.96. The number of hydrogen-bond donors (Lipinski definition) is 2. The van der Waals surface area contributed by atoms with Gasteiger partial charge in [-0.15, -0.1) is 0 Å². The first kappa shape index (κ1) is 27.5. The summed E-state index contributed by atoms with van der Waals surface area (Å²) < 4.78 is 13.3. The SMILES string of the molecule is CC(C)(C)[SiH2]O[Si](C)(C)c1ccc(C[C@H](N)C(=O)O)cc1[Si](C)(C)O[SiH2]C(C)(C)C. The number of aliphatic carboxylic acids is 1. The van der Waals surface area contributed by atoms with Crippen LogP contribution in [0, 0.1) is 0 Å². The maximum atomic E-state index is 11.3. The highest BCUT2D eigenvalue weighted by Gasteiger charge is 2.37. The van der Waals surface area contributed by atoms with Crippen molar-refractivity contribution in [3.05, 3.63) is 23.8 Å². The quantitative estimate of drug-likeness (QED) is 0.524. The Hall–Kier alpha value is -0.562. The van der Waals surface area contributed by atoms with Crippen molar-refractivity contribution in [2.24, 2.45) is 5.73 Å². The van der Waals surface area contributed by atoms with E-state index >= 15 is 0 Å². The molecule has 30 heavy (non-hydrogen) atoms. The van der Waals surface area contributed by atoms with Crippen molar-refractivity contribution in [1.29, 1.82) is 0 Å². The molecule has 0 amide bonds. The number of hydrogen-bond acceptors (Lipinski definition) is 4. The summed E-state index contributed by atoms with van der Waals surface area (Å²) >= 11 is 0. The van der Waals surface area contributed by atoms with E-state index in [4.69, 9.17) is 14.0 Å². The molecule has 9 heteroatoms. The average molecular weight is 486 g/mol. The number of carboxylic acid groups (broad SMARTS) is 1. The Labute approximate surface area is 190 Å². The third-order valence-corrected chi connectivity index (χ3v) is 17.2. The molecule has 0 saturated heterocycles. The molecule has 0 radical (unpaired) electrons. The largest absolute Gasteiger partial charge is 0.480 e. The molecular weight excluding hydrogens is 443 g/mol. The molecule has 172 valence electrons. The maximum absolute atomic E-state index is 11.3. The standard InChI is InChI=1S/C21H43NO4Si4/c1-20(2,3)27-25-29(7,8)17-12-11-15(13-16(22)19(23)24)14-18(17)30(9,10)26-28-21(4,5)6/h11-12,14,16H,13,22,27-28H2,1-10H3,(H,23,24)/t16-/m0/s1. The number of rotatable bonds is 9. The lowest BCUT2D eigenvalue weighted by atomic mass is 10.1. The van der Waals surface area contributed by atoms with Crippen LogP contribution in [0.5, 0.6) is 0 Å². The lowest BCUT2D eigenvalue weighted by molar-refractivity contribution is -0.138. The maximum Gasteiger partial charge on any atom is 0.320 e. The first-order chi connectivity index (χ1) is 13.3. The molecule has 3 N–H and O–H groups in total. The van der Waals surface area contributed by atoms with Gasteiger partial charge in [-0.1, -0.05) is 59.7 Å². The Bertz CT molecular complexity index is 740. The van der Waals surface area contributed by atoms with Gasteiger partial charge < -0.3 is 19.1 Å². The second-order valence-electron chi connectivity index (χ2n) is 11.7. The van der Waals surface area contributed by atoms with E-state index < -0.39 is 48.2 Å². The zero-order valence-electron chi connectivity index (χ0n) is 20.7. The van der Waals surface area contributed by atoms with Gasteiger partial charge in [0, 0.05) is 0 Å². The van der Waals surface area contributed by atoms with Crippen molar-refractivity contribution < 1.29 is 18.1 Å². The second kappa shape index (κ2) is 9.93. The molecule has 0 aliphatic carbocycles. The highest BCUT2D eigenvalue weighted by atomic mass is 28.4. The van der Waals surface area contributed by atoms with Crippen molar-refractivity contribution in [1.82, 2.24) is 0 Å². The summed E-state index contributed by atoms with van der Waals surface area (Å²) in [6, 6.07) is 5.47. The molecule has 0 bridgehead atoms. The fourth-order valence-electron chi connectivity index (χ4n) is 3.03. The van der Waals surface area contributed by atoms with Gasteiger partial charge in [0.05, 0.1) is 0 Å². The number of carboxylic acids is 1. The molecule has 1 atom stereocenters. The smallest absolute Gasteiger partial charge is 0.320 e. The van der Waals surface area contributed by atoms with E-state index in [2.05, 4.69) is 79.9 Å². The van der Waals surface area contributed by atoms with Crippen LogP contribution >= 0.6 is 0 Å². The van der Waals surface area contributed by atoms with Gasteiger partial charge in [-0.25, -0.2) is 0 Å². The van der Waals surface area contributed by atoms with Gasteiger partial charge >= 0.3 is 5.97 Å². The van der Waals surface area contributed by atoms with Gasteiger partial charge in [0.1, 0.15) is 6.04 Å². The highest BCUT2D eigenvalue weighted by Crippen LogP contribution is 2.24. The zero-order valence-corrected chi connectivity index (χ0v) is 25.5. The van der Waals surface area contributed by atoms with Crippen LogP contribution in [0.25, 0.3) is 0 Å². The van der Waals surface area contributed by atoms with Gasteiger partial charge in [0.2, 0.25) is 16.6 Å². The van der Waals surface area contributed by atoms with Crippen LogP contribution in [-0.2, 0) is 19.4 Å². The summed E-state index contributed by atoms with van der Waals surface area (Å²) in [5, 5.41) is 12.2. The van der Waals surface area contributed by atoms with Crippen LogP contribution in [0.15, 0.2) is 18.2 Å². The van der Waals surface area contributed by atoms with Gasteiger partial charge in [0.25, 0.3) is 0 Å². The number of benzene rings is 1. The lowest BCUT2D eigenvalue weighted by Crippen LogP contribution is -2.62. The molecule has 0 saturated carbocycles. The molecule has 1 aromatic rings. The third kappa shape index (κ3) is 8.89. The normalized spacial score (nSPS) is 15.4. The van der Waals surface area contributed by atoms with E-state index in [1.165, 1.54) is 10.4 Å². The minimum absolute atomic E-state index is 0.219. The van der Waals surface area contributed by atoms with Crippen LogP contribution < -0.4 is 16.1 Å².